The van der Waals surface area contributed by atoms with Gasteiger partial charge in [0.1, 0.15) is 11.5 Å². The zero-order chi connectivity index (χ0) is 20.6. The smallest absolute Gasteiger partial charge is 0.253 e. The lowest BCUT2D eigenvalue weighted by Gasteiger charge is -2.16. The van der Waals surface area contributed by atoms with Crippen LogP contribution in [0.15, 0.2) is 46.6 Å². The second-order valence-corrected chi connectivity index (χ2v) is 9.84. The summed E-state index contributed by atoms with van der Waals surface area (Å²) in [4.78, 5) is 20.4. The molecule has 9 heteroatoms. The van der Waals surface area contributed by atoms with Gasteiger partial charge < -0.3 is 9.30 Å². The predicted molar refractivity (Wildman–Crippen MR) is 104 cm³/mol. The second-order valence-electron chi connectivity index (χ2n) is 6.74. The van der Waals surface area contributed by atoms with Gasteiger partial charge in [-0.1, -0.05) is 9.93 Å². The van der Waals surface area contributed by atoms with E-state index in [4.69, 9.17) is 4.74 Å². The fraction of sp³-hybridized carbons (Fsp3) is 0.211. The Hall–Kier alpha value is -2.94. The number of benzene rings is 1. The molecule has 6 nitrogen and oxygen atoms in total. The molecule has 3 rings (SSSR count). The number of thiol groups is 1. The van der Waals surface area contributed by atoms with Gasteiger partial charge in [0.15, 0.2) is 22.5 Å². The Morgan fingerprint density at radius 1 is 1.14 bits per heavy atom. The van der Waals surface area contributed by atoms with Crippen LogP contribution in [0.4, 0.5) is 8.78 Å². The van der Waals surface area contributed by atoms with Gasteiger partial charge >= 0.3 is 0 Å². The molecule has 0 atom stereocenters. The van der Waals surface area contributed by atoms with Crippen LogP contribution < -0.4 is 10.3 Å². The van der Waals surface area contributed by atoms with E-state index in [1.807, 2.05) is 0 Å². The minimum Gasteiger partial charge on any atom is -0.450 e. The number of hydrogen-bond acceptors (Lipinski definition) is 5. The summed E-state index contributed by atoms with van der Waals surface area (Å²) < 4.78 is 46.6. The van der Waals surface area contributed by atoms with Crippen LogP contribution in [0.5, 0.6) is 11.5 Å². The van der Waals surface area contributed by atoms with E-state index in [1.54, 1.807) is 26.2 Å². The van der Waals surface area contributed by atoms with Gasteiger partial charge in [-0.25, -0.2) is 18.7 Å². The van der Waals surface area contributed by atoms with Crippen LogP contribution >= 0.6 is 0 Å². The van der Waals surface area contributed by atoms with E-state index in [1.165, 1.54) is 23.3 Å². The molecule has 28 heavy (non-hydrogen) atoms. The zero-order valence-corrected chi connectivity index (χ0v) is 16.6. The Balaban J connectivity index is 2.20. The lowest BCUT2D eigenvalue weighted by molar-refractivity contribution is 0.434. The molecule has 0 aliphatic rings. The van der Waals surface area contributed by atoms with Gasteiger partial charge in [0.2, 0.25) is 0 Å². The minimum absolute atomic E-state index is 0.0840. The van der Waals surface area contributed by atoms with E-state index in [0.29, 0.717) is 17.2 Å². The number of pyridine rings is 1. The molecule has 148 valence electrons. The van der Waals surface area contributed by atoms with Crippen molar-refractivity contribution in [3.8, 4) is 22.8 Å². The van der Waals surface area contributed by atoms with Crippen molar-refractivity contribution in [3.63, 3.8) is 0 Å². The quantitative estimate of drug-likeness (QED) is 0.532. The lowest BCUT2D eigenvalue weighted by Crippen LogP contribution is -2.19. The molecule has 2 heterocycles. The highest BCUT2D eigenvalue weighted by atomic mass is 32.2. The molecule has 0 fully saturated rings. The molecule has 2 aromatic heterocycles. The summed E-state index contributed by atoms with van der Waals surface area (Å²) in [5.41, 5.74) is 1.04. The third-order valence-corrected chi connectivity index (χ3v) is 5.15. The summed E-state index contributed by atoms with van der Waals surface area (Å²) in [5.74, 6) is -1.75. The third-order valence-electron chi connectivity index (χ3n) is 3.97. The SMILES string of the molecule is Cc1cc(-c2nc([SH](C)(C)=O)ncc2Oc2ccc(F)cc2F)cn(C)c1=O. The number of aromatic nitrogens is 3. The molecule has 3 aromatic rings. The maximum absolute atomic E-state index is 14.0. The van der Waals surface area contributed by atoms with Crippen molar-refractivity contribution in [3.05, 3.63) is 64.2 Å². The van der Waals surface area contributed by atoms with Gasteiger partial charge in [-0.05, 0) is 37.6 Å². The number of aryl methyl sites for hydroxylation is 2. The Morgan fingerprint density at radius 2 is 1.86 bits per heavy atom. The van der Waals surface area contributed by atoms with Gasteiger partial charge in [0.25, 0.3) is 5.56 Å². The first-order chi connectivity index (χ1) is 13.1. The second kappa shape index (κ2) is 7.23. The molecule has 0 aliphatic carbocycles. The molecule has 1 aromatic carbocycles. The summed E-state index contributed by atoms with van der Waals surface area (Å²) in [6, 6.07) is 4.53. The van der Waals surface area contributed by atoms with Gasteiger partial charge in [0.05, 0.1) is 6.20 Å². The third kappa shape index (κ3) is 3.99. The molecule has 0 saturated heterocycles. The summed E-state index contributed by atoms with van der Waals surface area (Å²) >= 11 is 0. The summed E-state index contributed by atoms with van der Waals surface area (Å²) in [6.45, 7) is 1.65. The lowest BCUT2D eigenvalue weighted by atomic mass is 10.1. The largest absolute Gasteiger partial charge is 0.450 e. The van der Waals surface area contributed by atoms with E-state index in [0.717, 1.165) is 12.1 Å². The topological polar surface area (TPSA) is 74.1 Å². The molecule has 0 aliphatic heterocycles. The molecule has 0 amide bonds. The van der Waals surface area contributed by atoms with Crippen LogP contribution in [0.25, 0.3) is 11.3 Å². The fourth-order valence-electron chi connectivity index (χ4n) is 2.59. The van der Waals surface area contributed by atoms with Crippen LogP contribution in [0.2, 0.25) is 0 Å². The molecule has 0 spiro atoms. The number of halogens is 2. The maximum Gasteiger partial charge on any atom is 0.253 e. The number of rotatable bonds is 4. The molecule has 0 radical (unpaired) electrons. The average Bonchev–Trinajstić information content (AvgIpc) is 2.61. The monoisotopic (exact) mass is 407 g/mol. The van der Waals surface area contributed by atoms with Gasteiger partial charge in [-0.15, -0.1) is 0 Å². The standard InChI is InChI=1S/C19H19F2N3O3S/c1-11-7-12(10-24(2)18(11)25)17-16(9-22-19(23-17)28(3,4)26)27-15-6-5-13(20)8-14(15)21/h5-10,28H,1-4H3. The Labute approximate surface area is 161 Å². The van der Waals surface area contributed by atoms with Crippen molar-refractivity contribution in [1.29, 1.82) is 0 Å². The molecular weight excluding hydrogens is 388 g/mol. The van der Waals surface area contributed by atoms with Crippen molar-refractivity contribution in [2.75, 3.05) is 12.5 Å². The first-order valence-electron chi connectivity index (χ1n) is 8.29. The zero-order valence-electron chi connectivity index (χ0n) is 15.7. The number of nitrogens with zero attached hydrogens (tertiary/aromatic N) is 3. The predicted octanol–water partition coefficient (Wildman–Crippen LogP) is 2.86. The first kappa shape index (κ1) is 19.8. The number of ether oxygens (including phenoxy) is 1. The first-order valence-corrected chi connectivity index (χ1v) is 10.9. The highest BCUT2D eigenvalue weighted by molar-refractivity contribution is 8.01. The number of hydrogen-bond donors (Lipinski definition) is 1. The summed E-state index contributed by atoms with van der Waals surface area (Å²) in [7, 11) is -1.20. The van der Waals surface area contributed by atoms with E-state index < -0.39 is 21.6 Å². The fourth-order valence-corrected chi connectivity index (χ4v) is 3.26. The van der Waals surface area contributed by atoms with Crippen molar-refractivity contribution in [2.24, 2.45) is 7.05 Å². The Bertz CT molecular complexity index is 1150. The van der Waals surface area contributed by atoms with Crippen molar-refractivity contribution in [2.45, 2.75) is 12.1 Å². The van der Waals surface area contributed by atoms with E-state index in [2.05, 4.69) is 9.97 Å². The van der Waals surface area contributed by atoms with Crippen LogP contribution in [0.1, 0.15) is 5.56 Å². The minimum atomic E-state index is -2.79. The van der Waals surface area contributed by atoms with Crippen LogP contribution in [0.3, 0.4) is 0 Å². The molecule has 0 bridgehead atoms. The van der Waals surface area contributed by atoms with Gasteiger partial charge in [-0.2, -0.15) is 0 Å². The van der Waals surface area contributed by atoms with Gasteiger partial charge in [-0.3, -0.25) is 9.00 Å². The molecule has 0 unspecified atom stereocenters. The highest BCUT2D eigenvalue weighted by Gasteiger charge is 2.18. The highest BCUT2D eigenvalue weighted by Crippen LogP contribution is 2.33. The summed E-state index contributed by atoms with van der Waals surface area (Å²) in [5, 5.41) is 0.126. The van der Waals surface area contributed by atoms with Crippen LogP contribution in [-0.4, -0.2) is 31.3 Å². The average molecular weight is 407 g/mol. The van der Waals surface area contributed by atoms with E-state index in [-0.39, 0.29) is 27.9 Å². The molecular formula is C19H19F2N3O3S. The van der Waals surface area contributed by atoms with Crippen LogP contribution in [-0.2, 0) is 17.0 Å². The Kier molecular flexibility index (Phi) is 5.12. The van der Waals surface area contributed by atoms with Crippen molar-refractivity contribution < 1.29 is 17.7 Å². The van der Waals surface area contributed by atoms with Gasteiger partial charge in [0, 0.05) is 30.4 Å². The van der Waals surface area contributed by atoms with Crippen LogP contribution in [0, 0.1) is 18.6 Å². The normalized spacial score (nSPS) is 12.1. The van der Waals surface area contributed by atoms with E-state index >= 15 is 0 Å². The van der Waals surface area contributed by atoms with Crippen molar-refractivity contribution >= 4 is 9.93 Å². The van der Waals surface area contributed by atoms with E-state index in [9.17, 15) is 17.8 Å². The molecule has 0 saturated carbocycles. The molecule has 0 N–H and O–H groups in total. The van der Waals surface area contributed by atoms with Crippen molar-refractivity contribution in [1.82, 2.24) is 14.5 Å². The maximum atomic E-state index is 14.0. The Morgan fingerprint density at radius 3 is 2.46 bits per heavy atom. The summed E-state index contributed by atoms with van der Waals surface area (Å²) in [6.07, 6.45) is 5.89.